The highest BCUT2D eigenvalue weighted by atomic mass is 16.5. The highest BCUT2D eigenvalue weighted by Gasteiger charge is 2.40. The number of anilines is 1. The molecule has 1 atom stereocenters. The number of methoxy groups -OCH3 is 1. The lowest BCUT2D eigenvalue weighted by molar-refractivity contribution is -0.119. The fourth-order valence-electron chi connectivity index (χ4n) is 2.58. The Balaban J connectivity index is 2.60. The first-order valence-electron chi connectivity index (χ1n) is 6.43. The third-order valence-corrected chi connectivity index (χ3v) is 4.10. The first-order chi connectivity index (χ1) is 8.80. The molecule has 1 aliphatic heterocycles. The number of carbonyl (C=O) groups excluding carboxylic acids is 1. The summed E-state index contributed by atoms with van der Waals surface area (Å²) < 4.78 is 5.01. The van der Waals surface area contributed by atoms with Crippen LogP contribution in [0.25, 0.3) is 0 Å². The van der Waals surface area contributed by atoms with Crippen molar-refractivity contribution in [3.63, 3.8) is 0 Å². The molecule has 19 heavy (non-hydrogen) atoms. The Labute approximate surface area is 113 Å². The van der Waals surface area contributed by atoms with Crippen LogP contribution in [0.4, 0.5) is 5.69 Å². The van der Waals surface area contributed by atoms with Crippen LogP contribution in [0.1, 0.15) is 42.2 Å². The zero-order chi connectivity index (χ0) is 14.4. The molecule has 0 saturated carbocycles. The fraction of sp³-hybridized carbons (Fsp3) is 0.533. The SMILES string of the molecule is COCC(O)c1cc2c(c(C)c1C)NC(=O)C2(C)C. The first-order valence-corrected chi connectivity index (χ1v) is 6.43. The Hall–Kier alpha value is -1.39. The second-order valence-electron chi connectivity index (χ2n) is 5.69. The van der Waals surface area contributed by atoms with Gasteiger partial charge >= 0.3 is 0 Å². The molecule has 104 valence electrons. The summed E-state index contributed by atoms with van der Waals surface area (Å²) in [6, 6.07) is 1.93. The maximum Gasteiger partial charge on any atom is 0.234 e. The third kappa shape index (κ3) is 2.05. The van der Waals surface area contributed by atoms with E-state index in [9.17, 15) is 9.90 Å². The molecule has 2 N–H and O–H groups in total. The molecule has 0 bridgehead atoms. The van der Waals surface area contributed by atoms with Gasteiger partial charge in [-0.2, -0.15) is 0 Å². The van der Waals surface area contributed by atoms with Crippen molar-refractivity contribution in [3.05, 3.63) is 28.3 Å². The normalized spacial score (nSPS) is 18.1. The van der Waals surface area contributed by atoms with Gasteiger partial charge in [0.05, 0.1) is 12.0 Å². The summed E-state index contributed by atoms with van der Waals surface area (Å²) in [6.45, 7) is 7.98. The van der Waals surface area contributed by atoms with E-state index in [0.29, 0.717) is 0 Å². The molecule has 0 saturated heterocycles. The van der Waals surface area contributed by atoms with Gasteiger partial charge < -0.3 is 15.2 Å². The molecule has 0 fully saturated rings. The van der Waals surface area contributed by atoms with Gasteiger partial charge in [-0.1, -0.05) is 0 Å². The van der Waals surface area contributed by atoms with Crippen molar-refractivity contribution in [2.45, 2.75) is 39.2 Å². The number of fused-ring (bicyclic) bond motifs is 1. The van der Waals surface area contributed by atoms with E-state index in [1.807, 2.05) is 33.8 Å². The van der Waals surface area contributed by atoms with Crippen molar-refractivity contribution in [3.8, 4) is 0 Å². The molecule has 1 aliphatic rings. The number of carbonyl (C=O) groups is 1. The van der Waals surface area contributed by atoms with Gasteiger partial charge in [0.15, 0.2) is 0 Å². The molecule has 0 radical (unpaired) electrons. The summed E-state index contributed by atoms with van der Waals surface area (Å²) in [5, 5.41) is 13.1. The van der Waals surface area contributed by atoms with Crippen molar-refractivity contribution in [1.29, 1.82) is 0 Å². The smallest absolute Gasteiger partial charge is 0.234 e. The predicted molar refractivity (Wildman–Crippen MR) is 74.4 cm³/mol. The Morgan fingerprint density at radius 3 is 2.58 bits per heavy atom. The third-order valence-electron chi connectivity index (χ3n) is 4.10. The van der Waals surface area contributed by atoms with E-state index in [-0.39, 0.29) is 12.5 Å². The van der Waals surface area contributed by atoms with E-state index >= 15 is 0 Å². The van der Waals surface area contributed by atoms with Crippen LogP contribution in [0.15, 0.2) is 6.07 Å². The molecule has 2 rings (SSSR count). The van der Waals surface area contributed by atoms with E-state index in [1.165, 1.54) is 0 Å². The average Bonchev–Trinajstić information content (AvgIpc) is 2.56. The lowest BCUT2D eigenvalue weighted by Gasteiger charge is -2.21. The maximum atomic E-state index is 12.0. The van der Waals surface area contributed by atoms with Crippen molar-refractivity contribution < 1.29 is 14.6 Å². The molecule has 0 spiro atoms. The number of nitrogens with one attached hydrogen (secondary N) is 1. The highest BCUT2D eigenvalue weighted by Crippen LogP contribution is 2.42. The van der Waals surface area contributed by atoms with Gasteiger partial charge in [-0.25, -0.2) is 0 Å². The van der Waals surface area contributed by atoms with Gasteiger partial charge in [-0.05, 0) is 56.0 Å². The molecule has 1 amide bonds. The van der Waals surface area contributed by atoms with Crippen LogP contribution in [-0.2, 0) is 14.9 Å². The highest BCUT2D eigenvalue weighted by molar-refractivity contribution is 6.06. The summed E-state index contributed by atoms with van der Waals surface area (Å²) in [5.74, 6) is 0.00313. The molecule has 1 heterocycles. The van der Waals surface area contributed by atoms with Crippen LogP contribution in [0.5, 0.6) is 0 Å². The van der Waals surface area contributed by atoms with Gasteiger partial charge in [0.1, 0.15) is 6.10 Å². The van der Waals surface area contributed by atoms with Gasteiger partial charge in [-0.15, -0.1) is 0 Å². The number of ether oxygens (including phenoxy) is 1. The van der Waals surface area contributed by atoms with Crippen LogP contribution in [0, 0.1) is 13.8 Å². The van der Waals surface area contributed by atoms with Gasteiger partial charge in [0, 0.05) is 12.8 Å². The summed E-state index contributed by atoms with van der Waals surface area (Å²) in [4.78, 5) is 12.0. The summed E-state index contributed by atoms with van der Waals surface area (Å²) in [5.41, 5.74) is 4.13. The van der Waals surface area contributed by atoms with Crippen LogP contribution in [0.2, 0.25) is 0 Å². The van der Waals surface area contributed by atoms with Gasteiger partial charge in [-0.3, -0.25) is 4.79 Å². The summed E-state index contributed by atoms with van der Waals surface area (Å²) >= 11 is 0. The Kier molecular flexibility index (Phi) is 3.41. The summed E-state index contributed by atoms with van der Waals surface area (Å²) in [7, 11) is 1.56. The second-order valence-corrected chi connectivity index (χ2v) is 5.69. The molecular weight excluding hydrogens is 242 g/mol. The van der Waals surface area contributed by atoms with E-state index in [1.54, 1.807) is 7.11 Å². The monoisotopic (exact) mass is 263 g/mol. The number of rotatable bonds is 3. The van der Waals surface area contributed by atoms with Crippen molar-refractivity contribution >= 4 is 11.6 Å². The van der Waals surface area contributed by atoms with Crippen LogP contribution in [-0.4, -0.2) is 24.7 Å². The van der Waals surface area contributed by atoms with E-state index in [4.69, 9.17) is 4.74 Å². The first kappa shape index (κ1) is 14.0. The average molecular weight is 263 g/mol. The molecular formula is C15H21NO3. The van der Waals surface area contributed by atoms with Crippen molar-refractivity contribution in [2.24, 2.45) is 0 Å². The molecule has 1 aromatic rings. The number of benzene rings is 1. The van der Waals surface area contributed by atoms with E-state index in [2.05, 4.69) is 5.32 Å². The van der Waals surface area contributed by atoms with Crippen molar-refractivity contribution in [2.75, 3.05) is 19.0 Å². The predicted octanol–water partition coefficient (Wildman–Crippen LogP) is 2.21. The quantitative estimate of drug-likeness (QED) is 0.879. The number of hydrogen-bond acceptors (Lipinski definition) is 3. The number of aliphatic hydroxyl groups excluding tert-OH is 1. The Morgan fingerprint density at radius 1 is 1.37 bits per heavy atom. The zero-order valence-electron chi connectivity index (χ0n) is 12.1. The zero-order valence-corrected chi connectivity index (χ0v) is 12.1. The van der Waals surface area contributed by atoms with E-state index < -0.39 is 11.5 Å². The van der Waals surface area contributed by atoms with Gasteiger partial charge in [0.2, 0.25) is 5.91 Å². The van der Waals surface area contributed by atoms with Crippen LogP contribution in [0.3, 0.4) is 0 Å². The largest absolute Gasteiger partial charge is 0.386 e. The molecule has 1 aromatic carbocycles. The molecule has 0 aliphatic carbocycles. The van der Waals surface area contributed by atoms with E-state index in [0.717, 1.165) is 27.9 Å². The fourth-order valence-corrected chi connectivity index (χ4v) is 2.58. The molecule has 4 heteroatoms. The Morgan fingerprint density at radius 2 is 2.00 bits per heavy atom. The molecule has 0 aromatic heterocycles. The minimum absolute atomic E-state index is 0.00313. The lowest BCUT2D eigenvalue weighted by Crippen LogP contribution is -2.27. The van der Waals surface area contributed by atoms with Crippen molar-refractivity contribution in [1.82, 2.24) is 0 Å². The Bertz CT molecular complexity index is 535. The summed E-state index contributed by atoms with van der Waals surface area (Å²) in [6.07, 6.45) is -0.666. The molecule has 1 unspecified atom stereocenters. The minimum Gasteiger partial charge on any atom is -0.386 e. The maximum absolute atomic E-state index is 12.0. The standard InChI is InChI=1S/C15H21NO3/c1-8-9(2)13-11(15(3,4)14(18)16-13)6-10(8)12(17)7-19-5/h6,12,17H,7H2,1-5H3,(H,16,18). The minimum atomic E-state index is -0.666. The van der Waals surface area contributed by atoms with Crippen LogP contribution < -0.4 is 5.32 Å². The number of hydrogen-bond donors (Lipinski definition) is 2. The second kappa shape index (κ2) is 4.62. The number of amides is 1. The lowest BCUT2D eigenvalue weighted by atomic mass is 9.82. The topological polar surface area (TPSA) is 58.6 Å². The molecule has 4 nitrogen and oxygen atoms in total. The number of aliphatic hydroxyl groups is 1. The van der Waals surface area contributed by atoms with Gasteiger partial charge in [0.25, 0.3) is 0 Å². The van der Waals surface area contributed by atoms with Crippen LogP contribution >= 0.6 is 0 Å².